The van der Waals surface area contributed by atoms with Gasteiger partial charge in [0, 0.05) is 10.4 Å². The highest BCUT2D eigenvalue weighted by Crippen LogP contribution is 2.30. The molecule has 1 aromatic carbocycles. The molecular weight excluding hydrogens is 346 g/mol. The molecule has 20 heavy (non-hydrogen) atoms. The number of nitrogens with one attached hydrogen (secondary N) is 1. The van der Waals surface area contributed by atoms with E-state index < -0.39 is 11.6 Å². The van der Waals surface area contributed by atoms with Crippen molar-refractivity contribution in [3.63, 3.8) is 0 Å². The Labute approximate surface area is 129 Å². The number of nitrogens with two attached hydrogens (primary N) is 1. The van der Waals surface area contributed by atoms with E-state index in [9.17, 15) is 8.78 Å². The minimum atomic E-state index is -0.570. The largest absolute Gasteiger partial charge is 0.271 e. The molecule has 0 spiro atoms. The first-order valence-corrected chi connectivity index (χ1v) is 7.90. The van der Waals surface area contributed by atoms with Crippen LogP contribution in [0.2, 0.25) is 0 Å². The lowest BCUT2D eigenvalue weighted by atomic mass is 10.0. The van der Waals surface area contributed by atoms with E-state index in [1.54, 1.807) is 11.3 Å². The van der Waals surface area contributed by atoms with E-state index in [1.165, 1.54) is 12.1 Å². The number of aryl methyl sites for hydroxylation is 1. The standard InChI is InChI=1S/C14H15BrF2N2S/c1-2-8-5-6-20-14(8)12(19-18)7-9-11(16)4-3-10(15)13(9)17/h3-6,12,19H,2,7,18H2,1H3. The van der Waals surface area contributed by atoms with Crippen molar-refractivity contribution < 1.29 is 8.78 Å². The minimum Gasteiger partial charge on any atom is -0.271 e. The van der Waals surface area contributed by atoms with Gasteiger partial charge in [-0.1, -0.05) is 6.92 Å². The first-order valence-electron chi connectivity index (χ1n) is 6.23. The molecular formula is C14H15BrF2N2S. The van der Waals surface area contributed by atoms with Crippen molar-refractivity contribution in [2.45, 2.75) is 25.8 Å². The molecule has 0 amide bonds. The van der Waals surface area contributed by atoms with Gasteiger partial charge >= 0.3 is 0 Å². The van der Waals surface area contributed by atoms with E-state index in [0.29, 0.717) is 0 Å². The van der Waals surface area contributed by atoms with E-state index in [4.69, 9.17) is 5.84 Å². The Hall–Kier alpha value is -0.820. The number of hydrogen-bond acceptors (Lipinski definition) is 3. The third-order valence-electron chi connectivity index (χ3n) is 3.23. The molecule has 108 valence electrons. The van der Waals surface area contributed by atoms with Gasteiger partial charge in [-0.25, -0.2) is 8.78 Å². The van der Waals surface area contributed by atoms with Crippen LogP contribution in [0.1, 0.15) is 29.0 Å². The van der Waals surface area contributed by atoms with E-state index in [0.717, 1.165) is 16.9 Å². The van der Waals surface area contributed by atoms with Crippen LogP contribution in [0.25, 0.3) is 0 Å². The summed E-state index contributed by atoms with van der Waals surface area (Å²) in [4.78, 5) is 1.02. The monoisotopic (exact) mass is 360 g/mol. The molecule has 0 aliphatic carbocycles. The van der Waals surface area contributed by atoms with Crippen molar-refractivity contribution in [1.29, 1.82) is 0 Å². The van der Waals surface area contributed by atoms with Gasteiger partial charge in [-0.3, -0.25) is 11.3 Å². The van der Waals surface area contributed by atoms with E-state index in [-0.39, 0.29) is 22.5 Å². The number of thiophene rings is 1. The molecule has 2 aromatic rings. The summed E-state index contributed by atoms with van der Waals surface area (Å²) in [7, 11) is 0. The lowest BCUT2D eigenvalue weighted by molar-refractivity contribution is 0.500. The van der Waals surface area contributed by atoms with Crippen molar-refractivity contribution in [3.8, 4) is 0 Å². The summed E-state index contributed by atoms with van der Waals surface area (Å²) in [6.07, 6.45) is 1.03. The zero-order valence-electron chi connectivity index (χ0n) is 10.9. The Morgan fingerprint density at radius 2 is 2.10 bits per heavy atom. The lowest BCUT2D eigenvalue weighted by Gasteiger charge is -2.17. The summed E-state index contributed by atoms with van der Waals surface area (Å²) in [5.41, 5.74) is 3.85. The molecule has 0 saturated carbocycles. The van der Waals surface area contributed by atoms with Gasteiger partial charge in [-0.2, -0.15) is 0 Å². The van der Waals surface area contributed by atoms with Crippen LogP contribution < -0.4 is 11.3 Å². The zero-order chi connectivity index (χ0) is 14.7. The molecule has 1 atom stereocenters. The Morgan fingerprint density at radius 1 is 1.35 bits per heavy atom. The maximum Gasteiger partial charge on any atom is 0.143 e. The van der Waals surface area contributed by atoms with Crippen LogP contribution in [-0.2, 0) is 12.8 Å². The summed E-state index contributed by atoms with van der Waals surface area (Å²) in [6, 6.07) is 4.33. The molecule has 3 N–H and O–H groups in total. The van der Waals surface area contributed by atoms with Gasteiger partial charge in [0.25, 0.3) is 0 Å². The predicted molar refractivity (Wildman–Crippen MR) is 81.5 cm³/mol. The number of hydrogen-bond donors (Lipinski definition) is 2. The minimum absolute atomic E-state index is 0.0396. The third kappa shape index (κ3) is 3.09. The van der Waals surface area contributed by atoms with Crippen molar-refractivity contribution in [2.24, 2.45) is 5.84 Å². The summed E-state index contributed by atoms with van der Waals surface area (Å²) < 4.78 is 28.1. The topological polar surface area (TPSA) is 38.0 Å². The van der Waals surface area contributed by atoms with Crippen LogP contribution in [0, 0.1) is 11.6 Å². The fraction of sp³-hybridized carbons (Fsp3) is 0.286. The second-order valence-electron chi connectivity index (χ2n) is 4.41. The average Bonchev–Trinajstić information content (AvgIpc) is 2.92. The quantitative estimate of drug-likeness (QED) is 0.478. The molecule has 1 unspecified atom stereocenters. The Kier molecular flexibility index (Phi) is 5.26. The Bertz CT molecular complexity index is 601. The van der Waals surface area contributed by atoms with Crippen LogP contribution in [0.15, 0.2) is 28.1 Å². The maximum atomic E-state index is 14.0. The van der Waals surface area contributed by atoms with E-state index in [1.807, 2.05) is 18.4 Å². The average molecular weight is 361 g/mol. The predicted octanol–water partition coefficient (Wildman–Crippen LogP) is 4.10. The van der Waals surface area contributed by atoms with Crippen LogP contribution in [-0.4, -0.2) is 0 Å². The molecule has 1 heterocycles. The highest BCUT2D eigenvalue weighted by molar-refractivity contribution is 9.10. The number of benzene rings is 1. The van der Waals surface area contributed by atoms with Gasteiger partial charge in [0.1, 0.15) is 11.6 Å². The van der Waals surface area contributed by atoms with Crippen molar-refractivity contribution in [1.82, 2.24) is 5.43 Å². The third-order valence-corrected chi connectivity index (χ3v) is 4.91. The Morgan fingerprint density at radius 3 is 2.75 bits per heavy atom. The van der Waals surface area contributed by atoms with E-state index in [2.05, 4.69) is 21.4 Å². The van der Waals surface area contributed by atoms with Crippen molar-refractivity contribution in [2.75, 3.05) is 0 Å². The van der Waals surface area contributed by atoms with Gasteiger partial charge in [-0.05, 0) is 57.9 Å². The molecule has 0 radical (unpaired) electrons. The fourth-order valence-electron chi connectivity index (χ4n) is 2.13. The lowest BCUT2D eigenvalue weighted by Crippen LogP contribution is -2.30. The second kappa shape index (κ2) is 6.76. The fourth-order valence-corrected chi connectivity index (χ4v) is 3.56. The zero-order valence-corrected chi connectivity index (χ0v) is 13.3. The molecule has 0 saturated heterocycles. The van der Waals surface area contributed by atoms with Gasteiger partial charge in [0.05, 0.1) is 10.5 Å². The molecule has 2 nitrogen and oxygen atoms in total. The molecule has 0 aliphatic heterocycles. The SMILES string of the molecule is CCc1ccsc1C(Cc1c(F)ccc(Br)c1F)NN. The molecule has 6 heteroatoms. The normalized spacial score (nSPS) is 12.7. The highest BCUT2D eigenvalue weighted by atomic mass is 79.9. The summed E-state index contributed by atoms with van der Waals surface area (Å²) >= 11 is 4.62. The van der Waals surface area contributed by atoms with E-state index >= 15 is 0 Å². The first kappa shape index (κ1) is 15.6. The van der Waals surface area contributed by atoms with Gasteiger partial charge in [-0.15, -0.1) is 11.3 Å². The van der Waals surface area contributed by atoms with Gasteiger partial charge in [0.2, 0.25) is 0 Å². The molecule has 0 bridgehead atoms. The van der Waals surface area contributed by atoms with Crippen LogP contribution >= 0.6 is 27.3 Å². The van der Waals surface area contributed by atoms with Crippen molar-refractivity contribution >= 4 is 27.3 Å². The van der Waals surface area contributed by atoms with Gasteiger partial charge in [0.15, 0.2) is 0 Å². The van der Waals surface area contributed by atoms with Gasteiger partial charge < -0.3 is 0 Å². The number of hydrazine groups is 1. The summed E-state index contributed by atoms with van der Waals surface area (Å²) in [5.74, 6) is 4.45. The summed E-state index contributed by atoms with van der Waals surface area (Å²) in [5, 5.41) is 1.96. The molecule has 0 fully saturated rings. The number of halogens is 3. The number of rotatable bonds is 5. The van der Waals surface area contributed by atoms with Crippen LogP contribution in [0.4, 0.5) is 8.78 Å². The first-order chi connectivity index (χ1) is 9.58. The van der Waals surface area contributed by atoms with Crippen LogP contribution in [0.5, 0.6) is 0 Å². The smallest absolute Gasteiger partial charge is 0.143 e. The second-order valence-corrected chi connectivity index (χ2v) is 6.21. The highest BCUT2D eigenvalue weighted by Gasteiger charge is 2.20. The Balaban J connectivity index is 2.34. The van der Waals surface area contributed by atoms with Crippen molar-refractivity contribution in [3.05, 3.63) is 55.7 Å². The molecule has 1 aromatic heterocycles. The molecule has 2 rings (SSSR count). The maximum absolute atomic E-state index is 14.0. The van der Waals surface area contributed by atoms with Crippen LogP contribution in [0.3, 0.4) is 0 Å². The summed E-state index contributed by atoms with van der Waals surface area (Å²) in [6.45, 7) is 2.04. The molecule has 0 aliphatic rings.